The molecule has 0 radical (unpaired) electrons. The van der Waals surface area contributed by atoms with Gasteiger partial charge in [-0.15, -0.1) is 0 Å². The number of anilines is 3. The van der Waals surface area contributed by atoms with Crippen molar-refractivity contribution >= 4 is 22.8 Å². The van der Waals surface area contributed by atoms with E-state index < -0.39 is 0 Å². The van der Waals surface area contributed by atoms with Crippen LogP contribution in [-0.2, 0) is 0 Å². The third-order valence-corrected chi connectivity index (χ3v) is 3.72. The minimum atomic E-state index is -0.0147. The van der Waals surface area contributed by atoms with Crippen LogP contribution in [-0.4, -0.2) is 5.78 Å². The maximum Gasteiger partial charge on any atom is 0.187 e. The lowest BCUT2D eigenvalue weighted by molar-refractivity contribution is 0.104. The molecule has 2 N–H and O–H groups in total. The molecule has 3 aromatic rings. The van der Waals surface area contributed by atoms with E-state index in [0.717, 1.165) is 22.8 Å². The van der Waals surface area contributed by atoms with Crippen LogP contribution in [0.5, 0.6) is 0 Å². The molecular formula is C22H20N2O. The number of hydrogen-bond donors (Lipinski definition) is 2. The first-order valence-electron chi connectivity index (χ1n) is 8.18. The highest BCUT2D eigenvalue weighted by Crippen LogP contribution is 2.26. The molecule has 0 saturated heterocycles. The molecule has 0 unspecified atom stereocenters. The highest BCUT2D eigenvalue weighted by atomic mass is 16.1. The lowest BCUT2D eigenvalue weighted by atomic mass is 10.1. The first-order chi connectivity index (χ1) is 12.2. The summed E-state index contributed by atoms with van der Waals surface area (Å²) in [7, 11) is 0. The van der Waals surface area contributed by atoms with Crippen LogP contribution in [0.15, 0.2) is 96.7 Å². The summed E-state index contributed by atoms with van der Waals surface area (Å²) in [5.41, 5.74) is 4.35. The molecule has 25 heavy (non-hydrogen) atoms. The first kappa shape index (κ1) is 16.5. The number of hydrogen-bond acceptors (Lipinski definition) is 3. The fourth-order valence-corrected chi connectivity index (χ4v) is 2.51. The zero-order valence-corrected chi connectivity index (χ0v) is 14.1. The minimum absolute atomic E-state index is 0.0147. The van der Waals surface area contributed by atoms with E-state index in [1.807, 2.05) is 91.9 Å². The molecule has 0 fully saturated rings. The number of ketones is 1. The van der Waals surface area contributed by atoms with E-state index in [4.69, 9.17) is 0 Å². The second-order valence-corrected chi connectivity index (χ2v) is 5.72. The van der Waals surface area contributed by atoms with Crippen LogP contribution in [0.3, 0.4) is 0 Å². The van der Waals surface area contributed by atoms with Gasteiger partial charge in [-0.25, -0.2) is 0 Å². The quantitative estimate of drug-likeness (QED) is 0.455. The Labute approximate surface area is 148 Å². The van der Waals surface area contributed by atoms with Crippen LogP contribution in [0.4, 0.5) is 17.1 Å². The molecule has 0 heterocycles. The molecule has 0 aliphatic rings. The number of nitrogens with one attached hydrogen (secondary N) is 2. The number of allylic oxidation sites excluding steroid dienone is 2. The number of para-hydroxylation sites is 3. The Hall–Kier alpha value is -3.33. The average molecular weight is 328 g/mol. The minimum Gasteiger partial charge on any atom is -0.357 e. The molecule has 0 aliphatic heterocycles. The van der Waals surface area contributed by atoms with Gasteiger partial charge in [0.15, 0.2) is 5.78 Å². The van der Waals surface area contributed by atoms with Crippen LogP contribution < -0.4 is 10.6 Å². The molecule has 0 saturated carbocycles. The Balaban J connectivity index is 1.76. The molecule has 3 nitrogen and oxygen atoms in total. The zero-order valence-electron chi connectivity index (χ0n) is 14.1. The predicted octanol–water partition coefficient (Wildman–Crippen LogP) is 5.63. The van der Waals surface area contributed by atoms with Crippen LogP contribution >= 0.6 is 0 Å². The van der Waals surface area contributed by atoms with E-state index in [1.54, 1.807) is 6.08 Å². The van der Waals surface area contributed by atoms with E-state index in [-0.39, 0.29) is 5.78 Å². The highest BCUT2D eigenvalue weighted by Gasteiger charge is 2.05. The van der Waals surface area contributed by atoms with Crippen molar-refractivity contribution in [1.82, 2.24) is 0 Å². The maximum atomic E-state index is 12.3. The number of carbonyl (C=O) groups excluding carboxylic acids is 1. The van der Waals surface area contributed by atoms with Gasteiger partial charge in [0.1, 0.15) is 0 Å². The summed E-state index contributed by atoms with van der Waals surface area (Å²) in [5.74, 6) is -0.0147. The number of carbonyl (C=O) groups is 1. The van der Waals surface area contributed by atoms with Crippen molar-refractivity contribution in [2.24, 2.45) is 0 Å². The molecule has 0 bridgehead atoms. The summed E-state index contributed by atoms with van der Waals surface area (Å²) < 4.78 is 0. The van der Waals surface area contributed by atoms with E-state index in [1.165, 1.54) is 0 Å². The zero-order chi connectivity index (χ0) is 17.5. The molecule has 124 valence electrons. The SMILES string of the molecule is C/C(=C/C(=O)c1ccccc1)Nc1ccccc1Nc1ccccc1. The monoisotopic (exact) mass is 328 g/mol. The second-order valence-electron chi connectivity index (χ2n) is 5.72. The summed E-state index contributed by atoms with van der Waals surface area (Å²) in [5, 5.41) is 6.70. The molecule has 3 heteroatoms. The van der Waals surface area contributed by atoms with E-state index >= 15 is 0 Å². The van der Waals surface area contributed by atoms with Gasteiger partial charge in [0.05, 0.1) is 11.4 Å². The van der Waals surface area contributed by atoms with Gasteiger partial charge in [-0.2, -0.15) is 0 Å². The van der Waals surface area contributed by atoms with E-state index in [2.05, 4.69) is 10.6 Å². The fourth-order valence-electron chi connectivity index (χ4n) is 2.51. The van der Waals surface area contributed by atoms with Gasteiger partial charge in [-0.3, -0.25) is 4.79 Å². The Bertz CT molecular complexity index is 871. The van der Waals surface area contributed by atoms with Crippen LogP contribution in [0, 0.1) is 0 Å². The smallest absolute Gasteiger partial charge is 0.187 e. The van der Waals surface area contributed by atoms with Gasteiger partial charge in [0.2, 0.25) is 0 Å². The van der Waals surface area contributed by atoms with Gasteiger partial charge in [0, 0.05) is 23.0 Å². The van der Waals surface area contributed by atoms with Gasteiger partial charge >= 0.3 is 0 Å². The van der Waals surface area contributed by atoms with Crippen LogP contribution in [0.1, 0.15) is 17.3 Å². The standard InChI is InChI=1S/C22H20N2O/c1-17(16-22(25)18-10-4-2-5-11-18)23-20-14-8-9-15-21(20)24-19-12-6-3-7-13-19/h2-16,23-24H,1H3/b17-16-. The van der Waals surface area contributed by atoms with Crippen molar-refractivity contribution in [2.75, 3.05) is 10.6 Å². The van der Waals surface area contributed by atoms with Crippen molar-refractivity contribution < 1.29 is 4.79 Å². The van der Waals surface area contributed by atoms with Gasteiger partial charge in [0.25, 0.3) is 0 Å². The predicted molar refractivity (Wildman–Crippen MR) is 104 cm³/mol. The Morgan fingerprint density at radius 3 is 2.00 bits per heavy atom. The van der Waals surface area contributed by atoms with Gasteiger partial charge in [-0.1, -0.05) is 60.7 Å². The Morgan fingerprint density at radius 1 is 0.760 bits per heavy atom. The fraction of sp³-hybridized carbons (Fsp3) is 0.0455. The molecule has 0 aromatic heterocycles. The lowest BCUT2D eigenvalue weighted by Gasteiger charge is -2.14. The normalized spacial score (nSPS) is 11.0. The molecule has 3 rings (SSSR count). The summed E-state index contributed by atoms with van der Waals surface area (Å²) in [6, 6.07) is 27.2. The van der Waals surface area contributed by atoms with Gasteiger partial charge < -0.3 is 10.6 Å². The summed E-state index contributed by atoms with van der Waals surface area (Å²) in [6.07, 6.45) is 1.62. The molecule has 0 spiro atoms. The van der Waals surface area contributed by atoms with Crippen LogP contribution in [0.25, 0.3) is 0 Å². The van der Waals surface area contributed by atoms with Crippen molar-refractivity contribution in [2.45, 2.75) is 6.92 Å². The Morgan fingerprint density at radius 2 is 1.32 bits per heavy atom. The third kappa shape index (κ3) is 4.58. The number of rotatable bonds is 6. The van der Waals surface area contributed by atoms with E-state index in [9.17, 15) is 4.79 Å². The topological polar surface area (TPSA) is 41.1 Å². The van der Waals surface area contributed by atoms with Crippen molar-refractivity contribution in [1.29, 1.82) is 0 Å². The average Bonchev–Trinajstić information content (AvgIpc) is 2.65. The molecule has 0 aliphatic carbocycles. The van der Waals surface area contributed by atoms with Crippen molar-refractivity contribution in [3.8, 4) is 0 Å². The van der Waals surface area contributed by atoms with Crippen molar-refractivity contribution in [3.05, 3.63) is 102 Å². The molecule has 0 atom stereocenters. The van der Waals surface area contributed by atoms with Gasteiger partial charge in [-0.05, 0) is 31.2 Å². The summed E-state index contributed by atoms with van der Waals surface area (Å²) in [6.45, 7) is 1.89. The van der Waals surface area contributed by atoms with E-state index in [0.29, 0.717) is 5.56 Å². The molecule has 3 aromatic carbocycles. The second kappa shape index (κ2) is 7.97. The van der Waals surface area contributed by atoms with Crippen molar-refractivity contribution in [3.63, 3.8) is 0 Å². The summed E-state index contributed by atoms with van der Waals surface area (Å²) >= 11 is 0. The largest absolute Gasteiger partial charge is 0.357 e. The lowest BCUT2D eigenvalue weighted by Crippen LogP contribution is -2.03. The molecule has 0 amide bonds. The summed E-state index contributed by atoms with van der Waals surface area (Å²) in [4.78, 5) is 12.3. The third-order valence-electron chi connectivity index (χ3n) is 3.72. The van der Waals surface area contributed by atoms with Crippen LogP contribution in [0.2, 0.25) is 0 Å². The first-order valence-corrected chi connectivity index (χ1v) is 8.18. The maximum absolute atomic E-state index is 12.3. The number of benzene rings is 3. The highest BCUT2D eigenvalue weighted by molar-refractivity contribution is 6.05. The molecular weight excluding hydrogens is 308 g/mol. The Kier molecular flexibility index (Phi) is 5.27.